The van der Waals surface area contributed by atoms with E-state index in [1.807, 2.05) is 10.8 Å². The molecule has 1 radical (unpaired) electrons. The molecule has 0 rings (SSSR count). The predicted octanol–water partition coefficient (Wildman–Crippen LogP) is 5.43. The van der Waals surface area contributed by atoms with Gasteiger partial charge in [-0.05, 0) is 32.5 Å². The lowest BCUT2D eigenvalue weighted by Crippen LogP contribution is -1.81. The monoisotopic (exact) mass is 255 g/mol. The van der Waals surface area contributed by atoms with E-state index >= 15 is 0 Å². The molecular weight excluding hydrogens is 236 g/mol. The molecule has 0 aliphatic carbocycles. The van der Waals surface area contributed by atoms with Crippen molar-refractivity contribution >= 4 is 42.1 Å². The third-order valence-corrected chi connectivity index (χ3v) is 6.44. The minimum atomic E-state index is 1.28. The molecule has 79 valence electrons. The maximum Gasteiger partial charge on any atom is 0.00454 e. The summed E-state index contributed by atoms with van der Waals surface area (Å²) >= 11 is 4.06. The van der Waals surface area contributed by atoms with Crippen molar-refractivity contribution in [3.63, 3.8) is 0 Å². The third-order valence-electron chi connectivity index (χ3n) is 1.80. The molecule has 0 amide bonds. The zero-order valence-electron chi connectivity index (χ0n) is 8.20. The fourth-order valence-electron chi connectivity index (χ4n) is 1.10. The Morgan fingerprint density at radius 3 is 2.46 bits per heavy atom. The molecule has 0 unspecified atom stereocenters. The second kappa shape index (κ2) is 13.4. The van der Waals surface area contributed by atoms with Crippen LogP contribution >= 0.6 is 42.1 Å². The van der Waals surface area contributed by atoms with Crippen molar-refractivity contribution < 1.29 is 0 Å². The number of hydrogen-bond donors (Lipinski definition) is 1. The van der Waals surface area contributed by atoms with Gasteiger partial charge in [0, 0.05) is 5.75 Å². The van der Waals surface area contributed by atoms with Gasteiger partial charge >= 0.3 is 0 Å². The summed E-state index contributed by atoms with van der Waals surface area (Å²) in [6.07, 6.45) is 10.5. The smallest absolute Gasteiger partial charge is 0.00454 e. The van der Waals surface area contributed by atoms with Crippen LogP contribution in [0.15, 0.2) is 0 Å². The SMILES string of the molecule is C[CH]CCCCCCCSSSS. The maximum atomic E-state index is 4.06. The van der Waals surface area contributed by atoms with Crippen molar-refractivity contribution in [2.45, 2.75) is 45.4 Å². The van der Waals surface area contributed by atoms with Crippen LogP contribution in [0.25, 0.3) is 0 Å². The van der Waals surface area contributed by atoms with Crippen LogP contribution in [0.5, 0.6) is 0 Å². The molecule has 0 nitrogen and oxygen atoms in total. The van der Waals surface area contributed by atoms with Gasteiger partial charge in [0.1, 0.15) is 0 Å². The van der Waals surface area contributed by atoms with Crippen LogP contribution in [0.3, 0.4) is 0 Å². The van der Waals surface area contributed by atoms with Crippen molar-refractivity contribution in [2.24, 2.45) is 0 Å². The Labute approximate surface area is 99.4 Å². The topological polar surface area (TPSA) is 0 Å². The van der Waals surface area contributed by atoms with Gasteiger partial charge in [0.05, 0.1) is 0 Å². The van der Waals surface area contributed by atoms with Gasteiger partial charge in [-0.25, -0.2) is 0 Å². The van der Waals surface area contributed by atoms with E-state index in [2.05, 4.69) is 25.0 Å². The van der Waals surface area contributed by atoms with Gasteiger partial charge in [0.25, 0.3) is 0 Å². The second-order valence-electron chi connectivity index (χ2n) is 2.93. The average molecular weight is 256 g/mol. The molecule has 0 bridgehead atoms. The Morgan fingerprint density at radius 1 is 1.08 bits per heavy atom. The zero-order chi connectivity index (χ0) is 9.78. The van der Waals surface area contributed by atoms with E-state index in [9.17, 15) is 0 Å². The molecule has 0 aliphatic rings. The molecule has 0 N–H and O–H groups in total. The Hall–Kier alpha value is 1.40. The molecule has 0 aromatic rings. The fourth-order valence-corrected chi connectivity index (χ4v) is 4.38. The van der Waals surface area contributed by atoms with Gasteiger partial charge in [0.2, 0.25) is 0 Å². The molecule has 0 saturated carbocycles. The summed E-state index contributed by atoms with van der Waals surface area (Å²) in [5.74, 6) is 1.28. The van der Waals surface area contributed by atoms with Gasteiger partial charge in [-0.1, -0.05) is 61.5 Å². The molecule has 0 aromatic heterocycles. The zero-order valence-corrected chi connectivity index (χ0v) is 11.5. The van der Waals surface area contributed by atoms with Crippen molar-refractivity contribution in [3.8, 4) is 0 Å². The van der Waals surface area contributed by atoms with Crippen molar-refractivity contribution in [1.82, 2.24) is 0 Å². The fraction of sp³-hybridized carbons (Fsp3) is 0.889. The van der Waals surface area contributed by atoms with Gasteiger partial charge < -0.3 is 0 Å². The van der Waals surface area contributed by atoms with Gasteiger partial charge in [0.15, 0.2) is 0 Å². The van der Waals surface area contributed by atoms with Crippen LogP contribution in [0.4, 0.5) is 0 Å². The van der Waals surface area contributed by atoms with Crippen molar-refractivity contribution in [2.75, 3.05) is 5.75 Å². The Bertz CT molecular complexity index is 77.7. The number of hydrogen-bond acceptors (Lipinski definition) is 4. The lowest BCUT2D eigenvalue weighted by atomic mass is 10.1. The van der Waals surface area contributed by atoms with Crippen LogP contribution in [0, 0.1) is 6.42 Å². The standard InChI is InChI=1S/C9H19S4/c1-2-3-4-5-6-7-8-9-11-13-12-10/h2,10H,3-9H2,1H3. The number of unbranched alkanes of at least 4 members (excludes halogenated alkanes) is 6. The summed E-state index contributed by atoms with van der Waals surface area (Å²) in [5.41, 5.74) is 0. The molecule has 0 aromatic carbocycles. The van der Waals surface area contributed by atoms with E-state index in [0.29, 0.717) is 0 Å². The number of thiol groups is 1. The third kappa shape index (κ3) is 13.4. The Kier molecular flexibility index (Phi) is 14.8. The highest BCUT2D eigenvalue weighted by molar-refractivity contribution is 9.23. The first-order valence-electron chi connectivity index (χ1n) is 4.79. The van der Waals surface area contributed by atoms with Gasteiger partial charge in [-0.2, -0.15) is 0 Å². The summed E-state index contributed by atoms with van der Waals surface area (Å²) in [7, 11) is 5.24. The van der Waals surface area contributed by atoms with Crippen LogP contribution < -0.4 is 0 Å². The lowest BCUT2D eigenvalue weighted by Gasteiger charge is -1.99. The summed E-state index contributed by atoms with van der Waals surface area (Å²) < 4.78 is 0. The van der Waals surface area contributed by atoms with Crippen LogP contribution in [-0.4, -0.2) is 5.75 Å². The van der Waals surface area contributed by atoms with E-state index in [1.54, 1.807) is 19.7 Å². The first-order chi connectivity index (χ1) is 6.41. The largest absolute Gasteiger partial charge is 0.0989 e. The molecule has 0 saturated heterocycles. The average Bonchev–Trinajstić information content (AvgIpc) is 2.16. The van der Waals surface area contributed by atoms with Crippen LogP contribution in [-0.2, 0) is 0 Å². The van der Waals surface area contributed by atoms with Gasteiger partial charge in [-0.3, -0.25) is 0 Å². The summed E-state index contributed by atoms with van der Waals surface area (Å²) in [6, 6.07) is 0. The number of rotatable bonds is 10. The first kappa shape index (κ1) is 14.4. The van der Waals surface area contributed by atoms with Crippen LogP contribution in [0.2, 0.25) is 0 Å². The van der Waals surface area contributed by atoms with E-state index in [0.717, 1.165) is 0 Å². The Morgan fingerprint density at radius 2 is 1.77 bits per heavy atom. The molecule has 13 heavy (non-hydrogen) atoms. The highest BCUT2D eigenvalue weighted by atomic mass is 33.7. The first-order valence-corrected chi connectivity index (χ1v) is 9.49. The molecule has 0 aliphatic heterocycles. The second-order valence-corrected chi connectivity index (χ2v) is 7.99. The van der Waals surface area contributed by atoms with E-state index in [-0.39, 0.29) is 0 Å². The van der Waals surface area contributed by atoms with Crippen LogP contribution in [0.1, 0.15) is 45.4 Å². The minimum absolute atomic E-state index is 1.28. The van der Waals surface area contributed by atoms with E-state index in [4.69, 9.17) is 0 Å². The molecular formula is C9H19S4. The predicted molar refractivity (Wildman–Crippen MR) is 74.3 cm³/mol. The van der Waals surface area contributed by atoms with Gasteiger partial charge in [-0.15, -0.1) is 0 Å². The molecule has 4 heteroatoms. The molecule has 0 heterocycles. The summed E-state index contributed by atoms with van der Waals surface area (Å²) in [4.78, 5) is 0. The molecule has 0 fully saturated rings. The maximum absolute atomic E-state index is 4.06. The summed E-state index contributed by atoms with van der Waals surface area (Å²) in [5, 5.41) is 0. The van der Waals surface area contributed by atoms with E-state index < -0.39 is 0 Å². The molecule has 0 atom stereocenters. The van der Waals surface area contributed by atoms with Crippen molar-refractivity contribution in [3.05, 3.63) is 6.42 Å². The van der Waals surface area contributed by atoms with E-state index in [1.165, 1.54) is 44.3 Å². The highest BCUT2D eigenvalue weighted by Crippen LogP contribution is 2.37. The summed E-state index contributed by atoms with van der Waals surface area (Å²) in [6.45, 7) is 2.14. The molecule has 0 spiro atoms. The van der Waals surface area contributed by atoms with Crippen molar-refractivity contribution in [1.29, 1.82) is 0 Å². The Balaban J connectivity index is 2.76. The quantitative estimate of drug-likeness (QED) is 0.314. The minimum Gasteiger partial charge on any atom is -0.0989 e. The normalized spacial score (nSPS) is 10.6. The lowest BCUT2D eigenvalue weighted by molar-refractivity contribution is 0.632. The highest BCUT2D eigenvalue weighted by Gasteiger charge is 1.91.